The van der Waals surface area contributed by atoms with E-state index in [1.165, 1.54) is 20.0 Å². The number of hydrogen-bond donors (Lipinski definition) is 3. The van der Waals surface area contributed by atoms with Gasteiger partial charge in [-0.3, -0.25) is 24.1 Å². The highest BCUT2D eigenvalue weighted by atomic mass is 16.3. The highest BCUT2D eigenvalue weighted by molar-refractivity contribution is 6.12. The van der Waals surface area contributed by atoms with E-state index in [9.17, 15) is 24.3 Å². The number of imide groups is 1. The van der Waals surface area contributed by atoms with E-state index < -0.39 is 35.3 Å². The average Bonchev–Trinajstić information content (AvgIpc) is 2.84. The van der Waals surface area contributed by atoms with Gasteiger partial charge < -0.3 is 15.7 Å². The van der Waals surface area contributed by atoms with Crippen LogP contribution in [0.15, 0.2) is 36.9 Å². The van der Waals surface area contributed by atoms with Gasteiger partial charge in [0, 0.05) is 26.1 Å². The summed E-state index contributed by atoms with van der Waals surface area (Å²) < 4.78 is 0. The van der Waals surface area contributed by atoms with E-state index in [1.54, 1.807) is 24.3 Å². The molecule has 8 nitrogen and oxygen atoms in total. The molecule has 0 radical (unpaired) electrons. The van der Waals surface area contributed by atoms with Crippen molar-refractivity contribution < 1.29 is 24.3 Å². The number of anilines is 1. The SMILES string of the molecule is C=CC1C(=O)N([C@@H](Cc2ccc(NC(C)=O)cc2)C(=O)NC)C(=O)[C@@]1(O)CC(C)C. The van der Waals surface area contributed by atoms with Crippen LogP contribution < -0.4 is 10.6 Å². The number of amides is 4. The van der Waals surface area contributed by atoms with Gasteiger partial charge in [-0.25, -0.2) is 0 Å². The second-order valence-corrected chi connectivity index (χ2v) is 7.96. The fraction of sp³-hybridized carbons (Fsp3) is 0.455. The molecule has 1 aliphatic heterocycles. The first-order valence-corrected chi connectivity index (χ1v) is 9.85. The summed E-state index contributed by atoms with van der Waals surface area (Å²) in [5.74, 6) is -3.30. The van der Waals surface area contributed by atoms with Gasteiger partial charge in [-0.05, 0) is 30.0 Å². The number of carbonyl (C=O) groups is 4. The molecule has 0 aliphatic carbocycles. The minimum atomic E-state index is -1.92. The van der Waals surface area contributed by atoms with Gasteiger partial charge in [0.15, 0.2) is 5.60 Å². The van der Waals surface area contributed by atoms with E-state index in [4.69, 9.17) is 0 Å². The zero-order valence-corrected chi connectivity index (χ0v) is 17.8. The second kappa shape index (κ2) is 9.21. The van der Waals surface area contributed by atoms with Gasteiger partial charge in [0.05, 0.1) is 5.92 Å². The predicted octanol–water partition coefficient (Wildman–Crippen LogP) is 1.25. The minimum absolute atomic E-state index is 0.0473. The largest absolute Gasteiger partial charge is 0.379 e. The summed E-state index contributed by atoms with van der Waals surface area (Å²) in [6.45, 7) is 8.69. The molecule has 3 atom stereocenters. The quantitative estimate of drug-likeness (QED) is 0.437. The lowest BCUT2D eigenvalue weighted by Crippen LogP contribution is -2.52. The molecule has 0 saturated carbocycles. The third kappa shape index (κ3) is 4.59. The predicted molar refractivity (Wildman–Crippen MR) is 112 cm³/mol. The van der Waals surface area contributed by atoms with Gasteiger partial charge in [-0.15, -0.1) is 6.58 Å². The number of carbonyl (C=O) groups excluding carboxylic acids is 4. The molecule has 8 heteroatoms. The van der Waals surface area contributed by atoms with Gasteiger partial charge in [0.1, 0.15) is 6.04 Å². The van der Waals surface area contributed by atoms with Crippen LogP contribution in [0.4, 0.5) is 5.69 Å². The van der Waals surface area contributed by atoms with Crippen molar-refractivity contribution >= 4 is 29.3 Å². The molecule has 3 N–H and O–H groups in total. The minimum Gasteiger partial charge on any atom is -0.379 e. The molecule has 1 unspecified atom stereocenters. The average molecular weight is 415 g/mol. The van der Waals surface area contributed by atoms with Crippen molar-refractivity contribution in [3.63, 3.8) is 0 Å². The maximum atomic E-state index is 13.1. The maximum Gasteiger partial charge on any atom is 0.263 e. The van der Waals surface area contributed by atoms with Gasteiger partial charge in [0.25, 0.3) is 5.91 Å². The molecular weight excluding hydrogens is 386 g/mol. The van der Waals surface area contributed by atoms with Crippen LogP contribution in [-0.2, 0) is 25.6 Å². The lowest BCUT2D eigenvalue weighted by atomic mass is 9.83. The van der Waals surface area contributed by atoms with Crippen molar-refractivity contribution in [2.24, 2.45) is 11.8 Å². The molecule has 0 aromatic heterocycles. The Labute approximate surface area is 176 Å². The summed E-state index contributed by atoms with van der Waals surface area (Å²) in [5.41, 5.74) is -0.643. The number of aliphatic hydroxyl groups is 1. The first-order chi connectivity index (χ1) is 14.0. The van der Waals surface area contributed by atoms with Crippen molar-refractivity contribution in [1.29, 1.82) is 0 Å². The summed E-state index contributed by atoms with van der Waals surface area (Å²) in [7, 11) is 1.42. The molecule has 0 bridgehead atoms. The highest BCUT2D eigenvalue weighted by Gasteiger charge is 2.59. The Morgan fingerprint density at radius 3 is 2.33 bits per heavy atom. The summed E-state index contributed by atoms with van der Waals surface area (Å²) in [6.07, 6.45) is 1.42. The molecule has 30 heavy (non-hydrogen) atoms. The lowest BCUT2D eigenvalue weighted by molar-refractivity contribution is -0.152. The molecule has 162 valence electrons. The lowest BCUT2D eigenvalue weighted by Gasteiger charge is -2.28. The monoisotopic (exact) mass is 415 g/mol. The molecule has 1 aromatic carbocycles. The number of nitrogens with one attached hydrogen (secondary N) is 2. The van der Waals surface area contributed by atoms with Crippen molar-refractivity contribution in [1.82, 2.24) is 10.2 Å². The number of rotatable bonds is 8. The van der Waals surface area contributed by atoms with Crippen LogP contribution in [0.1, 0.15) is 32.8 Å². The Balaban J connectivity index is 2.37. The van der Waals surface area contributed by atoms with E-state index in [0.717, 1.165) is 4.90 Å². The topological polar surface area (TPSA) is 116 Å². The van der Waals surface area contributed by atoms with Crippen LogP contribution in [0.2, 0.25) is 0 Å². The van der Waals surface area contributed by atoms with Crippen LogP contribution in [0, 0.1) is 11.8 Å². The smallest absolute Gasteiger partial charge is 0.263 e. The van der Waals surface area contributed by atoms with E-state index in [2.05, 4.69) is 17.2 Å². The fourth-order valence-corrected chi connectivity index (χ4v) is 3.84. The highest BCUT2D eigenvalue weighted by Crippen LogP contribution is 2.38. The van der Waals surface area contributed by atoms with Gasteiger partial charge >= 0.3 is 0 Å². The van der Waals surface area contributed by atoms with Crippen LogP contribution in [0.5, 0.6) is 0 Å². The Morgan fingerprint density at radius 1 is 1.27 bits per heavy atom. The molecule has 1 aromatic rings. The molecule has 1 heterocycles. The number of benzene rings is 1. The molecule has 1 fully saturated rings. The number of nitrogens with zero attached hydrogens (tertiary/aromatic N) is 1. The number of likely N-dealkylation sites (tertiary alicyclic amines) is 1. The normalized spacial score (nSPS) is 22.2. The molecule has 2 rings (SSSR count). The Hall–Kier alpha value is -3.00. The zero-order valence-electron chi connectivity index (χ0n) is 17.8. The summed E-state index contributed by atoms with van der Waals surface area (Å²) >= 11 is 0. The molecule has 1 aliphatic rings. The third-order valence-electron chi connectivity index (χ3n) is 5.13. The van der Waals surface area contributed by atoms with E-state index >= 15 is 0 Å². The maximum absolute atomic E-state index is 13.1. The first-order valence-electron chi connectivity index (χ1n) is 9.85. The standard InChI is InChI=1S/C22H29N3O5/c1-6-17-20(28)25(21(29)22(17,30)12-13(2)3)18(19(27)23-5)11-15-7-9-16(10-8-15)24-14(4)26/h6-10,13,17-18,30H,1,11-12H2,2-5H3,(H,23,27)(H,24,26)/t17?,18-,22+/m0/s1. The summed E-state index contributed by atoms with van der Waals surface area (Å²) in [4.78, 5) is 50.8. The van der Waals surface area contributed by atoms with E-state index in [-0.39, 0.29) is 24.7 Å². The van der Waals surface area contributed by atoms with Gasteiger partial charge in [-0.2, -0.15) is 0 Å². The second-order valence-electron chi connectivity index (χ2n) is 7.96. The van der Waals surface area contributed by atoms with Gasteiger partial charge in [-0.1, -0.05) is 32.1 Å². The molecule has 1 saturated heterocycles. The van der Waals surface area contributed by atoms with Crippen molar-refractivity contribution in [3.8, 4) is 0 Å². The Kier molecular flexibility index (Phi) is 7.15. The fourth-order valence-electron chi connectivity index (χ4n) is 3.84. The van der Waals surface area contributed by atoms with Crippen LogP contribution >= 0.6 is 0 Å². The summed E-state index contributed by atoms with van der Waals surface area (Å²) in [5, 5.41) is 16.2. The molecule has 0 spiro atoms. The van der Waals surface area contributed by atoms with Crippen LogP contribution in [0.25, 0.3) is 0 Å². The van der Waals surface area contributed by atoms with Crippen molar-refractivity contribution in [3.05, 3.63) is 42.5 Å². The zero-order chi connectivity index (χ0) is 22.6. The van der Waals surface area contributed by atoms with Crippen LogP contribution in [-0.4, -0.2) is 52.3 Å². The third-order valence-corrected chi connectivity index (χ3v) is 5.13. The molecular formula is C22H29N3O5. The van der Waals surface area contributed by atoms with E-state index in [1.807, 2.05) is 13.8 Å². The van der Waals surface area contributed by atoms with Crippen molar-refractivity contribution in [2.75, 3.05) is 12.4 Å². The van der Waals surface area contributed by atoms with E-state index in [0.29, 0.717) is 11.3 Å². The van der Waals surface area contributed by atoms with Crippen LogP contribution in [0.3, 0.4) is 0 Å². The van der Waals surface area contributed by atoms with Gasteiger partial charge in [0.2, 0.25) is 17.7 Å². The Bertz CT molecular complexity index is 849. The molecule has 4 amide bonds. The van der Waals surface area contributed by atoms with Crippen molar-refractivity contribution in [2.45, 2.75) is 45.3 Å². The summed E-state index contributed by atoms with van der Waals surface area (Å²) in [6, 6.07) is 5.64. The number of hydrogen-bond acceptors (Lipinski definition) is 5. The number of likely N-dealkylation sites (N-methyl/N-ethyl adjacent to an activating group) is 1. The Morgan fingerprint density at radius 2 is 1.87 bits per heavy atom. The first kappa shape index (κ1) is 23.3.